The Kier molecular flexibility index (Phi) is 6.74. The van der Waals surface area contributed by atoms with Gasteiger partial charge in [-0.05, 0) is 36.2 Å². The van der Waals surface area contributed by atoms with Crippen molar-refractivity contribution in [2.75, 3.05) is 67.8 Å². The van der Waals surface area contributed by atoms with E-state index in [1.807, 2.05) is 42.6 Å². The second-order valence-corrected chi connectivity index (χ2v) is 7.49. The molecule has 1 saturated heterocycles. The fraction of sp³-hybridized carbons (Fsp3) is 0.348. The molecule has 3 aromatic rings. The van der Waals surface area contributed by atoms with Gasteiger partial charge in [0.25, 0.3) is 0 Å². The van der Waals surface area contributed by atoms with Crippen LogP contribution in [0.1, 0.15) is 5.56 Å². The van der Waals surface area contributed by atoms with Gasteiger partial charge in [-0.1, -0.05) is 12.1 Å². The Labute approximate surface area is 188 Å². The third kappa shape index (κ3) is 4.77. The Morgan fingerprint density at radius 2 is 1.72 bits per heavy atom. The monoisotopic (exact) mass is 435 g/mol. The molecule has 0 aliphatic carbocycles. The van der Waals surface area contributed by atoms with Gasteiger partial charge in [-0.2, -0.15) is 0 Å². The van der Waals surface area contributed by atoms with Crippen LogP contribution < -0.4 is 30.3 Å². The van der Waals surface area contributed by atoms with Gasteiger partial charge >= 0.3 is 0 Å². The fourth-order valence-electron chi connectivity index (χ4n) is 3.83. The lowest BCUT2D eigenvalue weighted by Crippen LogP contribution is -2.47. The van der Waals surface area contributed by atoms with E-state index in [4.69, 9.17) is 15.2 Å². The molecule has 9 nitrogen and oxygen atoms in total. The molecular weight excluding hydrogens is 406 g/mol. The molecule has 3 N–H and O–H groups in total. The molecule has 2 aromatic heterocycles. The van der Waals surface area contributed by atoms with Gasteiger partial charge < -0.3 is 30.3 Å². The van der Waals surface area contributed by atoms with Crippen molar-refractivity contribution < 1.29 is 9.47 Å². The summed E-state index contributed by atoms with van der Waals surface area (Å²) in [6.45, 7) is 4.06. The number of nitrogens with zero attached hydrogens (tertiary/aromatic N) is 5. The molecule has 4 rings (SSSR count). The van der Waals surface area contributed by atoms with E-state index in [9.17, 15) is 0 Å². The highest BCUT2D eigenvalue weighted by molar-refractivity contribution is 5.75. The molecule has 0 amide bonds. The van der Waals surface area contributed by atoms with E-state index in [0.717, 1.165) is 61.3 Å². The zero-order valence-corrected chi connectivity index (χ0v) is 18.5. The number of methoxy groups -OCH3 is 2. The number of nitrogen functional groups attached to an aromatic ring is 1. The summed E-state index contributed by atoms with van der Waals surface area (Å²) in [5.74, 6) is 3.87. The van der Waals surface area contributed by atoms with Crippen molar-refractivity contribution in [2.24, 2.45) is 0 Å². The quantitative estimate of drug-likeness (QED) is 0.552. The molecule has 0 spiro atoms. The largest absolute Gasteiger partial charge is 0.493 e. The molecule has 1 aliphatic heterocycles. The average Bonchev–Trinajstić information content (AvgIpc) is 2.85. The summed E-state index contributed by atoms with van der Waals surface area (Å²) < 4.78 is 10.7. The van der Waals surface area contributed by atoms with Crippen LogP contribution in [0.3, 0.4) is 0 Å². The van der Waals surface area contributed by atoms with E-state index < -0.39 is 0 Å². The maximum absolute atomic E-state index is 6.43. The number of nitrogens with two attached hydrogens (primary N) is 1. The summed E-state index contributed by atoms with van der Waals surface area (Å²) in [6.07, 6.45) is 4.18. The number of hydrogen-bond donors (Lipinski definition) is 2. The molecule has 0 saturated carbocycles. The summed E-state index contributed by atoms with van der Waals surface area (Å²) >= 11 is 0. The third-order valence-corrected chi connectivity index (χ3v) is 5.57. The molecule has 32 heavy (non-hydrogen) atoms. The van der Waals surface area contributed by atoms with Crippen molar-refractivity contribution in [3.8, 4) is 11.5 Å². The fourth-order valence-corrected chi connectivity index (χ4v) is 3.83. The SMILES string of the molecule is COc1ccc(CCNc2ncnc(N3CCN(c4ccccn4)CC3)c2N)cc1OC. The topological polar surface area (TPSA) is 102 Å². The lowest BCUT2D eigenvalue weighted by atomic mass is 10.1. The molecule has 0 bridgehead atoms. The van der Waals surface area contributed by atoms with E-state index in [2.05, 4.69) is 30.1 Å². The molecule has 3 heterocycles. The minimum Gasteiger partial charge on any atom is -0.493 e. The van der Waals surface area contributed by atoms with Crippen LogP contribution in [0.2, 0.25) is 0 Å². The van der Waals surface area contributed by atoms with Gasteiger partial charge in [-0.15, -0.1) is 0 Å². The Hall–Kier alpha value is -3.75. The molecule has 0 radical (unpaired) electrons. The van der Waals surface area contributed by atoms with E-state index in [1.54, 1.807) is 20.5 Å². The second kappa shape index (κ2) is 10.0. The smallest absolute Gasteiger partial charge is 0.160 e. The van der Waals surface area contributed by atoms with Crippen LogP contribution in [0.25, 0.3) is 0 Å². The average molecular weight is 436 g/mol. The van der Waals surface area contributed by atoms with Crippen LogP contribution in [0.4, 0.5) is 23.1 Å². The van der Waals surface area contributed by atoms with Crippen LogP contribution in [0, 0.1) is 0 Å². The van der Waals surface area contributed by atoms with Crippen molar-refractivity contribution in [1.82, 2.24) is 15.0 Å². The first kappa shape index (κ1) is 21.5. The van der Waals surface area contributed by atoms with Crippen LogP contribution in [-0.2, 0) is 6.42 Å². The third-order valence-electron chi connectivity index (χ3n) is 5.57. The number of aromatic nitrogens is 3. The van der Waals surface area contributed by atoms with Gasteiger partial charge in [0.2, 0.25) is 0 Å². The first-order chi connectivity index (χ1) is 15.7. The maximum Gasteiger partial charge on any atom is 0.160 e. The van der Waals surface area contributed by atoms with Gasteiger partial charge in [-0.3, -0.25) is 0 Å². The van der Waals surface area contributed by atoms with Crippen molar-refractivity contribution in [2.45, 2.75) is 6.42 Å². The highest BCUT2D eigenvalue weighted by atomic mass is 16.5. The number of piperazine rings is 1. The van der Waals surface area contributed by atoms with Gasteiger partial charge in [0.1, 0.15) is 17.8 Å². The van der Waals surface area contributed by atoms with Gasteiger partial charge in [0.05, 0.1) is 14.2 Å². The van der Waals surface area contributed by atoms with Gasteiger partial charge in [-0.25, -0.2) is 15.0 Å². The Balaban J connectivity index is 1.36. The van der Waals surface area contributed by atoms with Crippen molar-refractivity contribution in [1.29, 1.82) is 0 Å². The first-order valence-corrected chi connectivity index (χ1v) is 10.7. The van der Waals surface area contributed by atoms with E-state index >= 15 is 0 Å². The molecule has 9 heteroatoms. The summed E-state index contributed by atoms with van der Waals surface area (Å²) in [6, 6.07) is 11.9. The normalized spacial score (nSPS) is 13.7. The van der Waals surface area contributed by atoms with E-state index in [0.29, 0.717) is 18.1 Å². The number of anilines is 4. The Morgan fingerprint density at radius 1 is 0.938 bits per heavy atom. The molecule has 1 aromatic carbocycles. The predicted octanol–water partition coefficient (Wildman–Crippen LogP) is 2.45. The van der Waals surface area contributed by atoms with Crippen molar-refractivity contribution >= 4 is 23.1 Å². The molecular formula is C23H29N7O2. The van der Waals surface area contributed by atoms with Gasteiger partial charge in [0, 0.05) is 38.9 Å². The zero-order chi connectivity index (χ0) is 22.3. The summed E-state index contributed by atoms with van der Waals surface area (Å²) in [5.41, 5.74) is 8.14. The minimum atomic E-state index is 0.575. The van der Waals surface area contributed by atoms with Crippen LogP contribution in [0.15, 0.2) is 48.9 Å². The Bertz CT molecular complexity index is 1020. The zero-order valence-electron chi connectivity index (χ0n) is 18.5. The molecule has 0 unspecified atom stereocenters. The highest BCUT2D eigenvalue weighted by Crippen LogP contribution is 2.29. The second-order valence-electron chi connectivity index (χ2n) is 7.49. The summed E-state index contributed by atoms with van der Waals surface area (Å²) in [5, 5.41) is 3.35. The number of hydrogen-bond acceptors (Lipinski definition) is 9. The first-order valence-electron chi connectivity index (χ1n) is 10.7. The van der Waals surface area contributed by atoms with E-state index in [-0.39, 0.29) is 0 Å². The van der Waals surface area contributed by atoms with Gasteiger partial charge in [0.15, 0.2) is 23.1 Å². The minimum absolute atomic E-state index is 0.575. The lowest BCUT2D eigenvalue weighted by Gasteiger charge is -2.36. The van der Waals surface area contributed by atoms with Crippen LogP contribution in [-0.4, -0.2) is 61.9 Å². The maximum atomic E-state index is 6.43. The van der Waals surface area contributed by atoms with Crippen molar-refractivity contribution in [3.63, 3.8) is 0 Å². The number of rotatable bonds is 8. The van der Waals surface area contributed by atoms with Crippen LogP contribution >= 0.6 is 0 Å². The summed E-state index contributed by atoms with van der Waals surface area (Å²) in [7, 11) is 3.27. The molecule has 168 valence electrons. The van der Waals surface area contributed by atoms with Crippen LogP contribution in [0.5, 0.6) is 11.5 Å². The standard InChI is InChI=1S/C23H29N7O2/c1-31-18-7-6-17(15-19(18)32-2)8-10-26-22-21(24)23(28-16-27-22)30-13-11-29(12-14-30)20-5-3-4-9-25-20/h3-7,9,15-16H,8,10-14,24H2,1-2H3,(H,26,27,28). The Morgan fingerprint density at radius 3 is 2.44 bits per heavy atom. The molecule has 1 fully saturated rings. The molecule has 1 aliphatic rings. The summed E-state index contributed by atoms with van der Waals surface area (Å²) in [4.78, 5) is 17.7. The lowest BCUT2D eigenvalue weighted by molar-refractivity contribution is 0.354. The highest BCUT2D eigenvalue weighted by Gasteiger charge is 2.22. The molecule has 0 atom stereocenters. The van der Waals surface area contributed by atoms with E-state index in [1.165, 1.54) is 0 Å². The predicted molar refractivity (Wildman–Crippen MR) is 127 cm³/mol. The number of benzene rings is 1. The van der Waals surface area contributed by atoms with Crippen molar-refractivity contribution in [3.05, 3.63) is 54.5 Å². The number of pyridine rings is 1. The number of ether oxygens (including phenoxy) is 2. The number of nitrogens with one attached hydrogen (secondary N) is 1.